The van der Waals surface area contributed by atoms with Crippen molar-refractivity contribution in [1.29, 1.82) is 0 Å². The third kappa shape index (κ3) is 1.72. The number of aromatic nitrogens is 2. The molecule has 1 N–H and O–H groups in total. The van der Waals surface area contributed by atoms with Crippen LogP contribution < -0.4 is 0 Å². The van der Waals surface area contributed by atoms with Gasteiger partial charge in [-0.2, -0.15) is 4.98 Å². The first kappa shape index (κ1) is 10.1. The molecule has 0 atom stereocenters. The molecule has 0 radical (unpaired) electrons. The van der Waals surface area contributed by atoms with E-state index in [-0.39, 0.29) is 19.0 Å². The normalized spacial score (nSPS) is 17.5. The van der Waals surface area contributed by atoms with Crippen LogP contribution in [0.25, 0.3) is 0 Å². The molecule has 0 spiro atoms. The van der Waals surface area contributed by atoms with Gasteiger partial charge in [0, 0.05) is 0 Å². The van der Waals surface area contributed by atoms with Crippen LogP contribution in [0, 0.1) is 0 Å². The molecule has 1 aliphatic rings. The van der Waals surface area contributed by atoms with Crippen LogP contribution in [0.5, 0.6) is 0 Å². The molecule has 1 heterocycles. The zero-order valence-electron chi connectivity index (χ0n) is 8.39. The van der Waals surface area contributed by atoms with Gasteiger partial charge in [-0.15, -0.1) is 0 Å². The number of hydrogen-bond acceptors (Lipinski definition) is 6. The van der Waals surface area contributed by atoms with Crippen molar-refractivity contribution < 1.29 is 19.2 Å². The smallest absolute Gasteiger partial charge is 0.379 e. The summed E-state index contributed by atoms with van der Waals surface area (Å²) in [5, 5.41) is 12.6. The number of ether oxygens (including phenoxy) is 1. The van der Waals surface area contributed by atoms with E-state index >= 15 is 0 Å². The summed E-state index contributed by atoms with van der Waals surface area (Å²) in [5.74, 6) is -0.346. The van der Waals surface area contributed by atoms with Crippen LogP contribution in [0.4, 0.5) is 0 Å². The minimum atomic E-state index is -0.596. The fourth-order valence-corrected chi connectivity index (χ4v) is 1.31. The molecule has 0 aromatic carbocycles. The predicted molar refractivity (Wildman–Crippen MR) is 48.3 cm³/mol. The first-order valence-electron chi connectivity index (χ1n) is 4.84. The van der Waals surface area contributed by atoms with Crippen molar-refractivity contribution in [3.63, 3.8) is 0 Å². The molecule has 6 heteroatoms. The molecule has 1 aliphatic carbocycles. The fraction of sp³-hybridized carbons (Fsp3) is 0.667. The molecular formula is C9H12N2O4. The topological polar surface area (TPSA) is 85.5 Å². The summed E-state index contributed by atoms with van der Waals surface area (Å²) in [6, 6.07) is 0. The van der Waals surface area contributed by atoms with E-state index in [1.54, 1.807) is 6.92 Å². The Hall–Kier alpha value is -1.43. The molecule has 0 amide bonds. The van der Waals surface area contributed by atoms with E-state index in [4.69, 9.17) is 14.4 Å². The highest BCUT2D eigenvalue weighted by Gasteiger charge is 2.49. The summed E-state index contributed by atoms with van der Waals surface area (Å²) in [5.41, 5.74) is -0.405. The number of carbonyl (C=O) groups excluding carboxylic acids is 1. The minimum absolute atomic E-state index is 0.0303. The fourth-order valence-electron chi connectivity index (χ4n) is 1.31. The van der Waals surface area contributed by atoms with Gasteiger partial charge in [0.1, 0.15) is 0 Å². The van der Waals surface area contributed by atoms with Crippen LogP contribution in [-0.4, -0.2) is 34.4 Å². The highest BCUT2D eigenvalue weighted by atomic mass is 16.5. The number of esters is 1. The van der Waals surface area contributed by atoms with Gasteiger partial charge in [0.2, 0.25) is 5.89 Å². The number of nitrogens with zero attached hydrogens (tertiary/aromatic N) is 2. The quantitative estimate of drug-likeness (QED) is 0.721. The Morgan fingerprint density at radius 3 is 2.93 bits per heavy atom. The van der Waals surface area contributed by atoms with Gasteiger partial charge in [0.15, 0.2) is 0 Å². The van der Waals surface area contributed by atoms with Crippen LogP contribution in [0.1, 0.15) is 36.3 Å². The lowest BCUT2D eigenvalue weighted by molar-refractivity contribution is 0.0508. The highest BCUT2D eigenvalue weighted by molar-refractivity contribution is 5.84. The first-order chi connectivity index (χ1) is 7.22. The molecule has 0 saturated heterocycles. The molecule has 1 aromatic heterocycles. The van der Waals surface area contributed by atoms with Crippen LogP contribution in [0.15, 0.2) is 4.52 Å². The van der Waals surface area contributed by atoms with E-state index in [9.17, 15) is 4.79 Å². The van der Waals surface area contributed by atoms with Crippen molar-refractivity contribution in [2.24, 2.45) is 0 Å². The maximum absolute atomic E-state index is 11.2. The second-order valence-corrected chi connectivity index (χ2v) is 3.58. The lowest BCUT2D eigenvalue weighted by atomic mass is 10.1. The lowest BCUT2D eigenvalue weighted by Crippen LogP contribution is -2.13. The summed E-state index contributed by atoms with van der Waals surface area (Å²) in [7, 11) is 0. The van der Waals surface area contributed by atoms with Crippen molar-refractivity contribution >= 4 is 5.97 Å². The van der Waals surface area contributed by atoms with Crippen LogP contribution in [0.2, 0.25) is 0 Å². The maximum atomic E-state index is 11.2. The van der Waals surface area contributed by atoms with Crippen molar-refractivity contribution in [2.75, 3.05) is 13.2 Å². The maximum Gasteiger partial charge on any atom is 0.379 e. The highest BCUT2D eigenvalue weighted by Crippen LogP contribution is 2.46. The summed E-state index contributed by atoms with van der Waals surface area (Å²) in [6.45, 7) is 1.94. The molecule has 6 nitrogen and oxygen atoms in total. The number of rotatable bonds is 4. The molecule has 0 bridgehead atoms. The van der Waals surface area contributed by atoms with Gasteiger partial charge >= 0.3 is 5.97 Å². The van der Waals surface area contributed by atoms with E-state index in [2.05, 4.69) is 10.1 Å². The van der Waals surface area contributed by atoms with E-state index in [1.165, 1.54) is 0 Å². The van der Waals surface area contributed by atoms with Gasteiger partial charge in [-0.05, 0) is 24.9 Å². The largest absolute Gasteiger partial charge is 0.460 e. The van der Waals surface area contributed by atoms with Crippen LogP contribution in [0.3, 0.4) is 0 Å². The van der Waals surface area contributed by atoms with E-state index in [0.29, 0.717) is 5.89 Å². The third-order valence-corrected chi connectivity index (χ3v) is 2.49. The monoisotopic (exact) mass is 212 g/mol. The van der Waals surface area contributed by atoms with Crippen molar-refractivity contribution in [2.45, 2.75) is 25.2 Å². The average molecular weight is 212 g/mol. The third-order valence-electron chi connectivity index (χ3n) is 2.49. The first-order valence-corrected chi connectivity index (χ1v) is 4.84. The van der Waals surface area contributed by atoms with Crippen LogP contribution in [-0.2, 0) is 10.2 Å². The van der Waals surface area contributed by atoms with Crippen molar-refractivity contribution in [3.8, 4) is 0 Å². The summed E-state index contributed by atoms with van der Waals surface area (Å²) in [4.78, 5) is 15.1. The van der Waals surface area contributed by atoms with E-state index in [1.807, 2.05) is 0 Å². The van der Waals surface area contributed by atoms with Gasteiger partial charge < -0.3 is 14.4 Å². The van der Waals surface area contributed by atoms with Gasteiger partial charge in [0.25, 0.3) is 5.82 Å². The van der Waals surface area contributed by atoms with Crippen LogP contribution >= 0.6 is 0 Å². The Bertz CT molecular complexity index is 370. The van der Waals surface area contributed by atoms with Gasteiger partial charge in [-0.25, -0.2) is 4.79 Å². The zero-order chi connectivity index (χ0) is 10.9. The Morgan fingerprint density at radius 2 is 2.40 bits per heavy atom. The second-order valence-electron chi connectivity index (χ2n) is 3.58. The van der Waals surface area contributed by atoms with E-state index < -0.39 is 11.4 Å². The molecule has 15 heavy (non-hydrogen) atoms. The summed E-state index contributed by atoms with van der Waals surface area (Å²) < 4.78 is 9.65. The zero-order valence-corrected chi connectivity index (χ0v) is 8.39. The predicted octanol–water partition coefficient (Wildman–Crippen LogP) is 0.270. The van der Waals surface area contributed by atoms with E-state index in [0.717, 1.165) is 12.8 Å². The molecule has 1 aromatic rings. The summed E-state index contributed by atoms with van der Waals surface area (Å²) >= 11 is 0. The average Bonchev–Trinajstić information content (AvgIpc) is 2.88. The molecule has 1 saturated carbocycles. The Kier molecular flexibility index (Phi) is 2.44. The second kappa shape index (κ2) is 3.62. The molecule has 2 rings (SSSR count). The number of aliphatic hydroxyl groups is 1. The molecule has 1 fully saturated rings. The molecule has 0 aliphatic heterocycles. The Balaban J connectivity index is 2.14. The molecular weight excluding hydrogens is 200 g/mol. The number of aliphatic hydroxyl groups excluding tert-OH is 1. The Morgan fingerprint density at radius 1 is 1.67 bits per heavy atom. The van der Waals surface area contributed by atoms with Gasteiger partial charge in [-0.1, -0.05) is 0 Å². The standard InChI is InChI=1S/C9H12N2O4/c1-2-14-7(13)6-10-8(15-11-6)9(5-12)3-4-9/h12H,2-5H2,1H3. The number of hydrogen-bond donors (Lipinski definition) is 1. The van der Waals surface area contributed by atoms with Crippen molar-refractivity contribution in [3.05, 3.63) is 11.7 Å². The molecule has 82 valence electrons. The summed E-state index contributed by atoms with van der Waals surface area (Å²) in [6.07, 6.45) is 1.63. The lowest BCUT2D eigenvalue weighted by Gasteiger charge is -2.02. The number of carbonyl (C=O) groups is 1. The molecule has 0 unspecified atom stereocenters. The minimum Gasteiger partial charge on any atom is -0.460 e. The van der Waals surface area contributed by atoms with Gasteiger partial charge in [0.05, 0.1) is 18.6 Å². The van der Waals surface area contributed by atoms with Crippen molar-refractivity contribution in [1.82, 2.24) is 10.1 Å². The SMILES string of the molecule is CCOC(=O)c1noc(C2(CO)CC2)n1. The van der Waals surface area contributed by atoms with Gasteiger partial charge in [-0.3, -0.25) is 0 Å². The Labute approximate surface area is 86.2 Å².